The predicted octanol–water partition coefficient (Wildman–Crippen LogP) is 3.60. The third kappa shape index (κ3) is 3.98. The summed E-state index contributed by atoms with van der Waals surface area (Å²) >= 11 is 0. The largest absolute Gasteiger partial charge is 0.497 e. The Hall–Kier alpha value is -4.33. The second kappa shape index (κ2) is 8.43. The van der Waals surface area contributed by atoms with Crippen LogP contribution in [-0.2, 0) is 10.3 Å². The summed E-state index contributed by atoms with van der Waals surface area (Å²) in [6.07, 6.45) is 0. The molecule has 1 aliphatic heterocycles. The van der Waals surface area contributed by atoms with Crippen LogP contribution in [0.4, 0.5) is 4.79 Å². The van der Waals surface area contributed by atoms with Gasteiger partial charge in [0.15, 0.2) is 0 Å². The fourth-order valence-corrected chi connectivity index (χ4v) is 3.35. The molecule has 8 heteroatoms. The van der Waals surface area contributed by atoms with E-state index in [9.17, 15) is 14.4 Å². The first-order chi connectivity index (χ1) is 15.4. The van der Waals surface area contributed by atoms with Crippen molar-refractivity contribution in [1.29, 1.82) is 0 Å². The Morgan fingerprint density at radius 2 is 1.59 bits per heavy atom. The number of imide groups is 1. The molecule has 0 saturated carbocycles. The SMILES string of the molecule is COc1ccc(C2(C)NC(=O)N(NC(=O)c3cccc(Oc4ccccc4)c3)C2=O)cc1. The highest BCUT2D eigenvalue weighted by molar-refractivity contribution is 6.09. The standard InChI is InChI=1S/C24H21N3O5/c1-24(17-11-13-18(31-2)14-12-17)22(29)27(23(30)25-24)26-21(28)16-7-6-10-20(15-16)32-19-8-4-3-5-9-19/h3-15H,1-2H3,(H,25,30)(H,26,28). The van der Waals surface area contributed by atoms with Crippen molar-refractivity contribution in [2.45, 2.75) is 12.5 Å². The predicted molar refractivity (Wildman–Crippen MR) is 116 cm³/mol. The summed E-state index contributed by atoms with van der Waals surface area (Å²) in [6, 6.07) is 21.6. The van der Waals surface area contributed by atoms with Gasteiger partial charge in [0.2, 0.25) is 0 Å². The van der Waals surface area contributed by atoms with E-state index in [1.54, 1.807) is 61.5 Å². The molecule has 32 heavy (non-hydrogen) atoms. The van der Waals surface area contributed by atoms with E-state index in [1.165, 1.54) is 13.2 Å². The number of methoxy groups -OCH3 is 1. The van der Waals surface area contributed by atoms with Crippen molar-refractivity contribution < 1.29 is 23.9 Å². The van der Waals surface area contributed by atoms with Gasteiger partial charge in [0.25, 0.3) is 11.8 Å². The van der Waals surface area contributed by atoms with Gasteiger partial charge in [-0.1, -0.05) is 36.4 Å². The quantitative estimate of drug-likeness (QED) is 0.582. The third-order valence-corrected chi connectivity index (χ3v) is 5.15. The zero-order valence-electron chi connectivity index (χ0n) is 17.5. The molecule has 162 valence electrons. The summed E-state index contributed by atoms with van der Waals surface area (Å²) in [5.74, 6) is 0.471. The van der Waals surface area contributed by atoms with Gasteiger partial charge < -0.3 is 14.8 Å². The van der Waals surface area contributed by atoms with Crippen molar-refractivity contribution >= 4 is 17.8 Å². The molecule has 0 spiro atoms. The van der Waals surface area contributed by atoms with Crippen molar-refractivity contribution in [3.05, 3.63) is 90.0 Å². The van der Waals surface area contributed by atoms with Gasteiger partial charge in [0.05, 0.1) is 7.11 Å². The summed E-state index contributed by atoms with van der Waals surface area (Å²) in [5.41, 5.74) is 1.86. The van der Waals surface area contributed by atoms with Gasteiger partial charge in [-0.25, -0.2) is 4.79 Å². The van der Waals surface area contributed by atoms with Crippen LogP contribution in [0.3, 0.4) is 0 Å². The Morgan fingerprint density at radius 1 is 0.906 bits per heavy atom. The van der Waals surface area contributed by atoms with Crippen LogP contribution in [0.1, 0.15) is 22.8 Å². The molecule has 1 atom stereocenters. The fourth-order valence-electron chi connectivity index (χ4n) is 3.35. The minimum absolute atomic E-state index is 0.233. The number of hydrazine groups is 1. The summed E-state index contributed by atoms with van der Waals surface area (Å²) in [4.78, 5) is 38.3. The summed E-state index contributed by atoms with van der Waals surface area (Å²) in [5, 5.41) is 3.33. The van der Waals surface area contributed by atoms with Gasteiger partial charge in [0.1, 0.15) is 22.8 Å². The van der Waals surface area contributed by atoms with E-state index in [4.69, 9.17) is 9.47 Å². The lowest BCUT2D eigenvalue weighted by molar-refractivity contribution is -0.132. The average Bonchev–Trinajstić information content (AvgIpc) is 3.03. The smallest absolute Gasteiger partial charge is 0.344 e. The number of benzene rings is 3. The molecule has 0 radical (unpaired) electrons. The number of rotatable bonds is 6. The maximum atomic E-state index is 13.0. The Labute approximate surface area is 184 Å². The highest BCUT2D eigenvalue weighted by atomic mass is 16.5. The molecule has 0 bridgehead atoms. The number of hydrogen-bond acceptors (Lipinski definition) is 5. The summed E-state index contributed by atoms with van der Waals surface area (Å²) in [6.45, 7) is 1.58. The van der Waals surface area contributed by atoms with Crippen LogP contribution in [-0.4, -0.2) is 30.0 Å². The first kappa shape index (κ1) is 20.9. The van der Waals surface area contributed by atoms with Crippen LogP contribution < -0.4 is 20.2 Å². The highest BCUT2D eigenvalue weighted by Crippen LogP contribution is 2.29. The van der Waals surface area contributed by atoms with Crippen LogP contribution in [0, 0.1) is 0 Å². The van der Waals surface area contributed by atoms with Gasteiger partial charge in [-0.3, -0.25) is 15.0 Å². The van der Waals surface area contributed by atoms with E-state index in [2.05, 4.69) is 10.7 Å². The number of hydrogen-bond donors (Lipinski definition) is 2. The number of carbonyl (C=O) groups excluding carboxylic acids is 3. The Kier molecular flexibility index (Phi) is 5.51. The van der Waals surface area contributed by atoms with Gasteiger partial charge >= 0.3 is 6.03 Å². The lowest BCUT2D eigenvalue weighted by Gasteiger charge is -2.22. The molecule has 3 aromatic rings. The number of urea groups is 1. The van der Waals surface area contributed by atoms with Gasteiger partial charge in [0, 0.05) is 5.56 Å². The van der Waals surface area contributed by atoms with Crippen LogP contribution in [0.2, 0.25) is 0 Å². The van der Waals surface area contributed by atoms with Gasteiger partial charge in [-0.15, -0.1) is 0 Å². The lowest BCUT2D eigenvalue weighted by Crippen LogP contribution is -2.47. The number of nitrogens with one attached hydrogen (secondary N) is 2. The summed E-state index contributed by atoms with van der Waals surface area (Å²) in [7, 11) is 1.54. The lowest BCUT2D eigenvalue weighted by atomic mass is 9.92. The maximum absolute atomic E-state index is 13.0. The molecule has 3 aromatic carbocycles. The van der Waals surface area contributed by atoms with E-state index in [0.717, 1.165) is 0 Å². The van der Waals surface area contributed by atoms with E-state index in [1.807, 2.05) is 18.2 Å². The topological polar surface area (TPSA) is 97.0 Å². The molecule has 4 rings (SSSR count). The zero-order chi connectivity index (χ0) is 22.7. The molecular formula is C24H21N3O5. The van der Waals surface area contributed by atoms with Crippen LogP contribution in [0.15, 0.2) is 78.9 Å². The molecule has 0 aromatic heterocycles. The second-order valence-electron chi connectivity index (χ2n) is 7.31. The molecule has 1 aliphatic rings. The van der Waals surface area contributed by atoms with Crippen molar-refractivity contribution in [1.82, 2.24) is 15.8 Å². The molecule has 1 fully saturated rings. The van der Waals surface area contributed by atoms with E-state index in [-0.39, 0.29) is 5.56 Å². The van der Waals surface area contributed by atoms with Crippen LogP contribution in [0.25, 0.3) is 0 Å². The van der Waals surface area contributed by atoms with Gasteiger partial charge in [-0.05, 0) is 55.0 Å². The minimum Gasteiger partial charge on any atom is -0.497 e. The fraction of sp³-hybridized carbons (Fsp3) is 0.125. The molecular weight excluding hydrogens is 410 g/mol. The molecule has 4 amide bonds. The zero-order valence-corrected chi connectivity index (χ0v) is 17.5. The van der Waals surface area contributed by atoms with Crippen LogP contribution in [0.5, 0.6) is 17.2 Å². The number of amides is 4. The molecule has 2 N–H and O–H groups in total. The van der Waals surface area contributed by atoms with Crippen molar-refractivity contribution in [2.75, 3.05) is 7.11 Å². The van der Waals surface area contributed by atoms with E-state index >= 15 is 0 Å². The van der Waals surface area contributed by atoms with Crippen molar-refractivity contribution in [3.63, 3.8) is 0 Å². The number of nitrogens with zero attached hydrogens (tertiary/aromatic N) is 1. The normalized spacial score (nSPS) is 17.6. The Bertz CT molecular complexity index is 1160. The maximum Gasteiger partial charge on any atom is 0.344 e. The van der Waals surface area contributed by atoms with E-state index < -0.39 is 23.4 Å². The highest BCUT2D eigenvalue weighted by Gasteiger charge is 2.50. The molecule has 1 unspecified atom stereocenters. The number of ether oxygens (including phenoxy) is 2. The first-order valence-corrected chi connectivity index (χ1v) is 9.86. The first-order valence-electron chi connectivity index (χ1n) is 9.86. The van der Waals surface area contributed by atoms with E-state index in [0.29, 0.717) is 27.8 Å². The Morgan fingerprint density at radius 3 is 2.28 bits per heavy atom. The summed E-state index contributed by atoms with van der Waals surface area (Å²) < 4.78 is 10.9. The molecule has 8 nitrogen and oxygen atoms in total. The monoisotopic (exact) mass is 431 g/mol. The Balaban J connectivity index is 1.50. The number of para-hydroxylation sites is 1. The minimum atomic E-state index is -1.32. The molecule has 1 heterocycles. The number of carbonyl (C=O) groups is 3. The third-order valence-electron chi connectivity index (χ3n) is 5.15. The molecule has 1 saturated heterocycles. The van der Waals surface area contributed by atoms with Crippen molar-refractivity contribution in [2.24, 2.45) is 0 Å². The second-order valence-corrected chi connectivity index (χ2v) is 7.31. The van der Waals surface area contributed by atoms with Crippen molar-refractivity contribution in [3.8, 4) is 17.2 Å². The van der Waals surface area contributed by atoms with Crippen LogP contribution >= 0.6 is 0 Å². The van der Waals surface area contributed by atoms with Gasteiger partial charge in [-0.2, -0.15) is 5.01 Å². The molecule has 0 aliphatic carbocycles. The average molecular weight is 431 g/mol.